The predicted octanol–water partition coefficient (Wildman–Crippen LogP) is 1.56. The molecule has 0 aliphatic carbocycles. The van der Waals surface area contributed by atoms with Crippen molar-refractivity contribution in [2.24, 2.45) is 0 Å². The van der Waals surface area contributed by atoms with Crippen LogP contribution in [0.5, 0.6) is 0 Å². The molecule has 142 valence electrons. The summed E-state index contributed by atoms with van der Waals surface area (Å²) in [5, 5.41) is 14.3. The van der Waals surface area contributed by atoms with Gasteiger partial charge >= 0.3 is 0 Å². The molecule has 2 N–H and O–H groups in total. The van der Waals surface area contributed by atoms with E-state index in [0.717, 1.165) is 29.9 Å². The van der Waals surface area contributed by atoms with Crippen LogP contribution < -0.4 is 15.1 Å². The maximum absolute atomic E-state index is 12.4. The van der Waals surface area contributed by atoms with Crippen molar-refractivity contribution in [2.45, 2.75) is 13.8 Å². The average Bonchev–Trinajstić information content (AvgIpc) is 2.65. The van der Waals surface area contributed by atoms with E-state index in [1.54, 1.807) is 12.1 Å². The number of carbonyl (C=O) groups is 1. The standard InChI is InChI=1S/C20H24N4O3/c1-15-6-5-7-16(2)20(15)21-19(25)14-22-10-12-23(13-11-22)17-8-3-4-9-18(17)24(26)27/h3-9H,10-14H2,1-2H3,(H,21,25)/p+1. The number of rotatable bonds is 5. The van der Waals surface area contributed by atoms with Crippen LogP contribution in [0.2, 0.25) is 0 Å². The van der Waals surface area contributed by atoms with Gasteiger partial charge in [-0.05, 0) is 31.0 Å². The lowest BCUT2D eigenvalue weighted by Crippen LogP contribution is -3.15. The smallest absolute Gasteiger partial charge is 0.292 e. The highest BCUT2D eigenvalue weighted by molar-refractivity contribution is 5.93. The highest BCUT2D eigenvalue weighted by atomic mass is 16.6. The number of piperazine rings is 1. The fraction of sp³-hybridized carbons (Fsp3) is 0.350. The molecule has 2 aromatic rings. The second kappa shape index (κ2) is 8.18. The van der Waals surface area contributed by atoms with Gasteiger partial charge in [0.2, 0.25) is 0 Å². The summed E-state index contributed by atoms with van der Waals surface area (Å²) in [5.74, 6) is 0.00143. The van der Waals surface area contributed by atoms with E-state index in [4.69, 9.17) is 0 Å². The quantitative estimate of drug-likeness (QED) is 0.619. The van der Waals surface area contributed by atoms with Crippen LogP contribution in [0.3, 0.4) is 0 Å². The summed E-state index contributed by atoms with van der Waals surface area (Å²) in [6, 6.07) is 12.8. The van der Waals surface area contributed by atoms with Crippen LogP contribution in [0.25, 0.3) is 0 Å². The minimum absolute atomic E-state index is 0.00143. The molecule has 7 nitrogen and oxygen atoms in total. The Labute approximate surface area is 158 Å². The summed E-state index contributed by atoms with van der Waals surface area (Å²) in [6.07, 6.45) is 0. The summed E-state index contributed by atoms with van der Waals surface area (Å²) in [5.41, 5.74) is 3.79. The monoisotopic (exact) mass is 369 g/mol. The van der Waals surface area contributed by atoms with Crippen molar-refractivity contribution in [3.63, 3.8) is 0 Å². The number of nitro groups is 1. The number of amides is 1. The third-order valence-corrected chi connectivity index (χ3v) is 5.05. The van der Waals surface area contributed by atoms with Gasteiger partial charge in [-0.2, -0.15) is 0 Å². The third-order valence-electron chi connectivity index (χ3n) is 5.05. The van der Waals surface area contributed by atoms with Crippen LogP contribution >= 0.6 is 0 Å². The molecule has 3 rings (SSSR count). The molecule has 27 heavy (non-hydrogen) atoms. The third kappa shape index (κ3) is 4.43. The molecule has 0 atom stereocenters. The van der Waals surface area contributed by atoms with E-state index >= 15 is 0 Å². The molecular weight excluding hydrogens is 344 g/mol. The van der Waals surface area contributed by atoms with Crippen molar-refractivity contribution in [1.82, 2.24) is 0 Å². The molecule has 0 aromatic heterocycles. The number of benzene rings is 2. The summed E-state index contributed by atoms with van der Waals surface area (Å²) in [6.45, 7) is 7.30. The van der Waals surface area contributed by atoms with Crippen molar-refractivity contribution in [1.29, 1.82) is 0 Å². The van der Waals surface area contributed by atoms with Crippen molar-refractivity contribution in [2.75, 3.05) is 42.9 Å². The molecule has 1 heterocycles. The first-order chi connectivity index (χ1) is 13.0. The maximum Gasteiger partial charge on any atom is 0.292 e. The predicted molar refractivity (Wildman–Crippen MR) is 105 cm³/mol. The van der Waals surface area contributed by atoms with Gasteiger partial charge in [0.1, 0.15) is 5.69 Å². The van der Waals surface area contributed by atoms with Crippen molar-refractivity contribution in [3.05, 3.63) is 63.7 Å². The Bertz CT molecular complexity index is 825. The van der Waals surface area contributed by atoms with Crippen LogP contribution in [-0.4, -0.2) is 43.6 Å². The Morgan fingerprint density at radius 3 is 2.37 bits per heavy atom. The topological polar surface area (TPSA) is 79.9 Å². The lowest BCUT2D eigenvalue weighted by Gasteiger charge is -2.33. The van der Waals surface area contributed by atoms with E-state index in [1.165, 1.54) is 11.0 Å². The summed E-state index contributed by atoms with van der Waals surface area (Å²) >= 11 is 0. The Morgan fingerprint density at radius 2 is 1.74 bits per heavy atom. The molecule has 0 spiro atoms. The lowest BCUT2D eigenvalue weighted by atomic mass is 10.1. The number of para-hydroxylation sites is 3. The van der Waals surface area contributed by atoms with E-state index in [1.807, 2.05) is 43.0 Å². The summed E-state index contributed by atoms with van der Waals surface area (Å²) in [7, 11) is 0. The normalized spacial score (nSPS) is 14.8. The highest BCUT2D eigenvalue weighted by Crippen LogP contribution is 2.27. The van der Waals surface area contributed by atoms with E-state index in [2.05, 4.69) is 5.32 Å². The van der Waals surface area contributed by atoms with E-state index in [0.29, 0.717) is 25.3 Å². The molecule has 1 fully saturated rings. The zero-order valence-electron chi connectivity index (χ0n) is 15.7. The van der Waals surface area contributed by atoms with Gasteiger partial charge in [-0.15, -0.1) is 0 Å². The number of anilines is 2. The van der Waals surface area contributed by atoms with Crippen molar-refractivity contribution < 1.29 is 14.6 Å². The number of hydrogen-bond acceptors (Lipinski definition) is 4. The second-order valence-corrected chi connectivity index (χ2v) is 6.97. The molecule has 1 amide bonds. The van der Waals surface area contributed by atoms with E-state index in [9.17, 15) is 14.9 Å². The van der Waals surface area contributed by atoms with Gasteiger partial charge in [0.15, 0.2) is 6.54 Å². The average molecular weight is 369 g/mol. The Hall–Kier alpha value is -2.93. The number of hydrogen-bond donors (Lipinski definition) is 2. The molecular formula is C20H25N4O3+. The molecule has 1 aliphatic rings. The van der Waals surface area contributed by atoms with Crippen LogP contribution in [0.15, 0.2) is 42.5 Å². The minimum atomic E-state index is -0.341. The van der Waals surface area contributed by atoms with Gasteiger partial charge in [0.05, 0.1) is 31.1 Å². The van der Waals surface area contributed by atoms with Gasteiger partial charge in [-0.25, -0.2) is 0 Å². The second-order valence-electron chi connectivity index (χ2n) is 6.97. The van der Waals surface area contributed by atoms with Crippen LogP contribution in [0, 0.1) is 24.0 Å². The Balaban J connectivity index is 1.57. The van der Waals surface area contributed by atoms with Gasteiger partial charge in [0, 0.05) is 11.8 Å². The zero-order valence-corrected chi connectivity index (χ0v) is 15.7. The van der Waals surface area contributed by atoms with Crippen LogP contribution in [-0.2, 0) is 4.79 Å². The molecule has 1 saturated heterocycles. The van der Waals surface area contributed by atoms with Crippen molar-refractivity contribution in [3.8, 4) is 0 Å². The van der Waals surface area contributed by atoms with Crippen molar-refractivity contribution >= 4 is 23.0 Å². The molecule has 2 aromatic carbocycles. The largest absolute Gasteiger partial charge is 0.355 e. The van der Waals surface area contributed by atoms with Crippen LogP contribution in [0.4, 0.5) is 17.1 Å². The Kier molecular flexibility index (Phi) is 5.71. The van der Waals surface area contributed by atoms with Gasteiger partial charge in [0.25, 0.3) is 11.6 Å². The first kappa shape index (κ1) is 18.8. The number of quaternary nitrogens is 1. The van der Waals surface area contributed by atoms with Gasteiger partial charge in [-0.3, -0.25) is 14.9 Å². The number of carbonyl (C=O) groups excluding carboxylic acids is 1. The zero-order chi connectivity index (χ0) is 19.4. The number of nitro benzene ring substituents is 1. The summed E-state index contributed by atoms with van der Waals surface area (Å²) in [4.78, 5) is 26.5. The molecule has 0 saturated carbocycles. The number of aryl methyl sites for hydroxylation is 2. The first-order valence-corrected chi connectivity index (χ1v) is 9.13. The SMILES string of the molecule is Cc1cccc(C)c1NC(=O)C[NH+]1CCN(c2ccccc2[N+](=O)[O-])CC1. The Morgan fingerprint density at radius 1 is 1.11 bits per heavy atom. The van der Waals surface area contributed by atoms with E-state index < -0.39 is 0 Å². The van der Waals surface area contributed by atoms with Crippen LogP contribution in [0.1, 0.15) is 11.1 Å². The fourth-order valence-corrected chi connectivity index (χ4v) is 3.55. The number of nitrogens with zero attached hydrogens (tertiary/aromatic N) is 2. The maximum atomic E-state index is 12.4. The lowest BCUT2D eigenvalue weighted by molar-refractivity contribution is -0.892. The van der Waals surface area contributed by atoms with Gasteiger partial charge < -0.3 is 15.1 Å². The molecule has 7 heteroatoms. The minimum Gasteiger partial charge on any atom is -0.355 e. The highest BCUT2D eigenvalue weighted by Gasteiger charge is 2.26. The molecule has 0 unspecified atom stereocenters. The summed E-state index contributed by atoms with van der Waals surface area (Å²) < 4.78 is 0. The molecule has 0 radical (unpaired) electrons. The fourth-order valence-electron chi connectivity index (χ4n) is 3.55. The number of nitrogens with one attached hydrogen (secondary N) is 2. The van der Waals surface area contributed by atoms with E-state index in [-0.39, 0.29) is 16.5 Å². The molecule has 0 bridgehead atoms. The van der Waals surface area contributed by atoms with Gasteiger partial charge in [-0.1, -0.05) is 30.3 Å². The molecule has 1 aliphatic heterocycles. The first-order valence-electron chi connectivity index (χ1n) is 9.13.